The van der Waals surface area contributed by atoms with Gasteiger partial charge in [-0.3, -0.25) is 0 Å². The van der Waals surface area contributed by atoms with E-state index in [9.17, 15) is 4.39 Å². The van der Waals surface area contributed by atoms with Gasteiger partial charge in [-0.15, -0.1) is 0 Å². The second-order valence-corrected chi connectivity index (χ2v) is 5.73. The molecule has 0 saturated heterocycles. The minimum Gasteiger partial charge on any atom is -0.399 e. The molecule has 0 spiro atoms. The summed E-state index contributed by atoms with van der Waals surface area (Å²) in [6, 6.07) is 13.4. The van der Waals surface area contributed by atoms with E-state index in [0.29, 0.717) is 6.04 Å². The summed E-state index contributed by atoms with van der Waals surface area (Å²) in [6.45, 7) is 0.893. The maximum atomic E-state index is 12.9. The minimum absolute atomic E-state index is 0.177. The van der Waals surface area contributed by atoms with Gasteiger partial charge in [0.05, 0.1) is 0 Å². The van der Waals surface area contributed by atoms with Crippen molar-refractivity contribution in [3.05, 3.63) is 65.0 Å². The summed E-state index contributed by atoms with van der Waals surface area (Å²) in [5.74, 6) is -0.177. The van der Waals surface area contributed by atoms with Gasteiger partial charge in [0.2, 0.25) is 0 Å². The Balaban J connectivity index is 1.61. The molecule has 0 saturated carbocycles. The first-order chi connectivity index (χ1) is 10.2. The number of anilines is 1. The molecule has 110 valence electrons. The number of fused-ring (bicyclic) bond motifs is 1. The van der Waals surface area contributed by atoms with Crippen molar-refractivity contribution in [3.63, 3.8) is 0 Å². The summed E-state index contributed by atoms with van der Waals surface area (Å²) >= 11 is 0. The smallest absolute Gasteiger partial charge is 0.123 e. The zero-order valence-corrected chi connectivity index (χ0v) is 12.1. The van der Waals surface area contributed by atoms with Crippen LogP contribution in [0, 0.1) is 5.82 Å². The topological polar surface area (TPSA) is 38.0 Å². The normalized spacial score (nSPS) is 17.5. The van der Waals surface area contributed by atoms with Gasteiger partial charge in [-0.05, 0) is 73.2 Å². The fourth-order valence-electron chi connectivity index (χ4n) is 3.07. The number of hydrogen-bond acceptors (Lipinski definition) is 2. The summed E-state index contributed by atoms with van der Waals surface area (Å²) in [7, 11) is 0. The minimum atomic E-state index is -0.177. The maximum Gasteiger partial charge on any atom is 0.123 e. The van der Waals surface area contributed by atoms with E-state index in [2.05, 4.69) is 17.4 Å². The third-order valence-electron chi connectivity index (χ3n) is 4.20. The maximum absolute atomic E-state index is 12.9. The Morgan fingerprint density at radius 2 is 1.95 bits per heavy atom. The van der Waals surface area contributed by atoms with Gasteiger partial charge < -0.3 is 11.1 Å². The first-order valence-electron chi connectivity index (χ1n) is 7.58. The van der Waals surface area contributed by atoms with E-state index >= 15 is 0 Å². The fraction of sp³-hybridized carbons (Fsp3) is 0.333. The lowest BCUT2D eigenvalue weighted by Gasteiger charge is -2.27. The number of nitrogen functional groups attached to an aromatic ring is 1. The van der Waals surface area contributed by atoms with Crippen LogP contribution in [0.2, 0.25) is 0 Å². The molecule has 0 bridgehead atoms. The second-order valence-electron chi connectivity index (χ2n) is 5.73. The van der Waals surface area contributed by atoms with Crippen molar-refractivity contribution in [2.75, 3.05) is 12.3 Å². The molecule has 0 aliphatic heterocycles. The first-order valence-corrected chi connectivity index (χ1v) is 7.58. The number of nitrogens with one attached hydrogen (secondary N) is 1. The lowest BCUT2D eigenvalue weighted by atomic mass is 9.87. The Hall–Kier alpha value is -1.87. The van der Waals surface area contributed by atoms with Gasteiger partial charge >= 0.3 is 0 Å². The number of nitrogens with two attached hydrogens (primary N) is 1. The molecule has 0 amide bonds. The van der Waals surface area contributed by atoms with Crippen LogP contribution >= 0.6 is 0 Å². The van der Waals surface area contributed by atoms with Crippen molar-refractivity contribution in [1.82, 2.24) is 5.32 Å². The van der Waals surface area contributed by atoms with Gasteiger partial charge in [-0.1, -0.05) is 18.2 Å². The van der Waals surface area contributed by atoms with Crippen molar-refractivity contribution in [1.29, 1.82) is 0 Å². The number of hydrogen-bond donors (Lipinski definition) is 2. The summed E-state index contributed by atoms with van der Waals surface area (Å²) in [5.41, 5.74) is 10.7. The number of halogens is 1. The van der Waals surface area contributed by atoms with Gasteiger partial charge in [0, 0.05) is 11.7 Å². The van der Waals surface area contributed by atoms with Gasteiger partial charge in [0.15, 0.2) is 0 Å². The fourth-order valence-corrected chi connectivity index (χ4v) is 3.07. The van der Waals surface area contributed by atoms with E-state index in [-0.39, 0.29) is 5.82 Å². The standard InChI is InChI=1S/C18H21FN2/c19-15-7-4-13(5-8-15)10-11-21-18-3-1-2-14-6-9-16(20)12-17(14)18/h4-9,12,18,21H,1-3,10-11,20H2. The third-order valence-corrected chi connectivity index (χ3v) is 4.20. The number of rotatable bonds is 4. The van der Waals surface area contributed by atoms with Crippen LogP contribution in [0.4, 0.5) is 10.1 Å². The van der Waals surface area contributed by atoms with Crippen LogP contribution in [-0.4, -0.2) is 6.54 Å². The Labute approximate surface area is 125 Å². The summed E-state index contributed by atoms with van der Waals surface area (Å²) in [6.07, 6.45) is 4.42. The SMILES string of the molecule is Nc1ccc2c(c1)C(NCCc1ccc(F)cc1)CCC2. The molecule has 3 N–H and O–H groups in total. The molecule has 1 unspecified atom stereocenters. The molecular weight excluding hydrogens is 263 g/mol. The molecular formula is C18H21FN2. The Morgan fingerprint density at radius 3 is 2.76 bits per heavy atom. The van der Waals surface area contributed by atoms with E-state index in [4.69, 9.17) is 5.73 Å². The summed E-state index contributed by atoms with van der Waals surface area (Å²) < 4.78 is 12.9. The van der Waals surface area contributed by atoms with Crippen LogP contribution < -0.4 is 11.1 Å². The predicted octanol–water partition coefficient (Wildman–Crippen LogP) is 3.62. The largest absolute Gasteiger partial charge is 0.399 e. The highest BCUT2D eigenvalue weighted by molar-refractivity contribution is 5.46. The van der Waals surface area contributed by atoms with Gasteiger partial charge in [-0.2, -0.15) is 0 Å². The molecule has 3 heteroatoms. The van der Waals surface area contributed by atoms with Crippen LogP contribution in [0.15, 0.2) is 42.5 Å². The van der Waals surface area contributed by atoms with Crippen molar-refractivity contribution >= 4 is 5.69 Å². The quantitative estimate of drug-likeness (QED) is 0.842. The van der Waals surface area contributed by atoms with Gasteiger partial charge in [-0.25, -0.2) is 4.39 Å². The monoisotopic (exact) mass is 284 g/mol. The molecule has 0 fully saturated rings. The van der Waals surface area contributed by atoms with Crippen LogP contribution in [0.3, 0.4) is 0 Å². The van der Waals surface area contributed by atoms with Crippen molar-refractivity contribution in [2.45, 2.75) is 31.7 Å². The Kier molecular flexibility index (Phi) is 4.20. The van der Waals surface area contributed by atoms with E-state index < -0.39 is 0 Å². The molecule has 2 nitrogen and oxygen atoms in total. The van der Waals surface area contributed by atoms with E-state index in [1.165, 1.54) is 29.7 Å². The Morgan fingerprint density at radius 1 is 1.14 bits per heavy atom. The van der Waals surface area contributed by atoms with Gasteiger partial charge in [0.1, 0.15) is 5.82 Å². The average Bonchev–Trinajstić information content (AvgIpc) is 2.50. The summed E-state index contributed by atoms with van der Waals surface area (Å²) in [5, 5.41) is 3.62. The lowest BCUT2D eigenvalue weighted by molar-refractivity contribution is 0.463. The van der Waals surface area contributed by atoms with Crippen LogP contribution in [0.25, 0.3) is 0 Å². The van der Waals surface area contributed by atoms with Crippen LogP contribution in [0.1, 0.15) is 35.6 Å². The lowest BCUT2D eigenvalue weighted by Crippen LogP contribution is -2.27. The van der Waals surface area contributed by atoms with Gasteiger partial charge in [0.25, 0.3) is 0 Å². The molecule has 0 radical (unpaired) electrons. The number of benzene rings is 2. The molecule has 0 aromatic heterocycles. The van der Waals surface area contributed by atoms with E-state index in [1.54, 1.807) is 0 Å². The molecule has 3 rings (SSSR count). The molecule has 1 aliphatic carbocycles. The molecule has 21 heavy (non-hydrogen) atoms. The highest BCUT2D eigenvalue weighted by Gasteiger charge is 2.19. The average molecular weight is 284 g/mol. The van der Waals surface area contributed by atoms with E-state index in [0.717, 1.165) is 37.1 Å². The predicted molar refractivity (Wildman–Crippen MR) is 84.6 cm³/mol. The van der Waals surface area contributed by atoms with Crippen molar-refractivity contribution < 1.29 is 4.39 Å². The van der Waals surface area contributed by atoms with Crippen molar-refractivity contribution in [2.24, 2.45) is 0 Å². The van der Waals surface area contributed by atoms with Crippen molar-refractivity contribution in [3.8, 4) is 0 Å². The molecule has 2 aromatic rings. The van der Waals surface area contributed by atoms with E-state index in [1.807, 2.05) is 18.2 Å². The Bertz CT molecular complexity index is 607. The molecule has 1 aliphatic rings. The zero-order chi connectivity index (χ0) is 14.7. The van der Waals surface area contributed by atoms with Crippen LogP contribution in [0.5, 0.6) is 0 Å². The van der Waals surface area contributed by atoms with Crippen LogP contribution in [-0.2, 0) is 12.8 Å². The molecule has 1 atom stereocenters. The third kappa shape index (κ3) is 3.42. The number of aryl methyl sites for hydroxylation is 1. The highest BCUT2D eigenvalue weighted by atomic mass is 19.1. The zero-order valence-electron chi connectivity index (χ0n) is 12.1. The molecule has 0 heterocycles. The molecule has 2 aromatic carbocycles. The summed E-state index contributed by atoms with van der Waals surface area (Å²) in [4.78, 5) is 0. The first kappa shape index (κ1) is 14.1. The second kappa shape index (κ2) is 6.27. The highest BCUT2D eigenvalue weighted by Crippen LogP contribution is 2.31.